The van der Waals surface area contributed by atoms with Gasteiger partial charge in [0.25, 0.3) is 0 Å². The summed E-state index contributed by atoms with van der Waals surface area (Å²) in [5.74, 6) is 0. The van der Waals surface area contributed by atoms with Crippen LogP contribution in [0.5, 0.6) is 0 Å². The van der Waals surface area contributed by atoms with Crippen LogP contribution < -0.4 is 0 Å². The maximum atomic E-state index is 5.16. The van der Waals surface area contributed by atoms with Gasteiger partial charge in [-0.3, -0.25) is 9.97 Å². The fourth-order valence-corrected chi connectivity index (χ4v) is 12.7. The number of fused-ring (bicyclic) bond motifs is 6. The fraction of sp³-hybridized carbons (Fsp3) is 0.140. The molecule has 10 aromatic carbocycles. The highest BCUT2D eigenvalue weighted by molar-refractivity contribution is 6.15. The SMILES string of the molecule is CCCCCCc1cc(-c2ccccc2)c(/C=C\c2cnc(CCCCCC)cc2-c2ccccc2)cn1.c1cc(-c2cccc(-c3cccc(-c4cccc(-c5cc6ccccc6c6ccccc56)c4)n3)n2)cc(-c2cc3ccccc3c3ccccc23)c1. The van der Waals surface area contributed by atoms with Crippen molar-refractivity contribution in [3.8, 4) is 78.4 Å². The highest BCUT2D eigenvalue weighted by atomic mass is 14.8. The zero-order valence-electron chi connectivity index (χ0n) is 51.6. The van der Waals surface area contributed by atoms with Crippen LogP contribution in [0.2, 0.25) is 0 Å². The van der Waals surface area contributed by atoms with Crippen LogP contribution >= 0.6 is 0 Å². The van der Waals surface area contributed by atoms with Crippen molar-refractivity contribution in [1.29, 1.82) is 0 Å². The van der Waals surface area contributed by atoms with Crippen molar-refractivity contribution in [1.82, 2.24) is 19.9 Å². The topological polar surface area (TPSA) is 51.6 Å². The molecule has 0 saturated carbocycles. The van der Waals surface area contributed by atoms with Gasteiger partial charge >= 0.3 is 0 Å². The summed E-state index contributed by atoms with van der Waals surface area (Å²) in [5.41, 5.74) is 20.0. The molecule has 0 aliphatic heterocycles. The third-order valence-electron chi connectivity index (χ3n) is 17.4. The Morgan fingerprint density at radius 3 is 1.06 bits per heavy atom. The van der Waals surface area contributed by atoms with E-state index >= 15 is 0 Å². The second kappa shape index (κ2) is 28.2. The predicted octanol–water partition coefficient (Wildman–Crippen LogP) is 23.7. The molecule has 4 aromatic heterocycles. The van der Waals surface area contributed by atoms with Crippen LogP contribution in [0.1, 0.15) is 87.7 Å². The van der Waals surface area contributed by atoms with Crippen LogP contribution in [-0.4, -0.2) is 19.9 Å². The Morgan fingerprint density at radius 1 is 0.267 bits per heavy atom. The summed E-state index contributed by atoms with van der Waals surface area (Å²) in [7, 11) is 0. The van der Waals surface area contributed by atoms with Gasteiger partial charge < -0.3 is 0 Å². The maximum absolute atomic E-state index is 5.16. The highest BCUT2D eigenvalue weighted by Crippen LogP contribution is 2.39. The Morgan fingerprint density at radius 2 is 0.622 bits per heavy atom. The first-order valence-electron chi connectivity index (χ1n) is 32.3. The monoisotopic (exact) mass is 1160 g/mol. The minimum atomic E-state index is 0.845. The van der Waals surface area contributed by atoms with Crippen molar-refractivity contribution < 1.29 is 0 Å². The molecule has 0 radical (unpaired) electrons. The second-order valence-electron chi connectivity index (χ2n) is 23.6. The van der Waals surface area contributed by atoms with Gasteiger partial charge in [0.15, 0.2) is 0 Å². The molecule has 0 bridgehead atoms. The van der Waals surface area contributed by atoms with Gasteiger partial charge in [-0.2, -0.15) is 0 Å². The van der Waals surface area contributed by atoms with Crippen molar-refractivity contribution in [3.63, 3.8) is 0 Å². The van der Waals surface area contributed by atoms with E-state index in [0.29, 0.717) is 0 Å². The molecule has 0 amide bonds. The number of nitrogens with zero attached hydrogens (tertiary/aromatic N) is 4. The average Bonchev–Trinajstić information content (AvgIpc) is 0.946. The van der Waals surface area contributed by atoms with Gasteiger partial charge in [0.05, 0.1) is 22.8 Å². The molecule has 14 aromatic rings. The molecule has 0 N–H and O–H groups in total. The molecule has 4 heterocycles. The molecule has 14 rings (SSSR count). The van der Waals surface area contributed by atoms with Crippen LogP contribution in [0.25, 0.3) is 134 Å². The summed E-state index contributed by atoms with van der Waals surface area (Å²) >= 11 is 0. The van der Waals surface area contributed by atoms with Crippen molar-refractivity contribution in [2.24, 2.45) is 0 Å². The Hall–Kier alpha value is -10.4. The zero-order chi connectivity index (χ0) is 60.9. The largest absolute Gasteiger partial charge is 0.261 e. The normalized spacial score (nSPS) is 11.4. The summed E-state index contributed by atoms with van der Waals surface area (Å²) in [6, 6.07) is 95.1. The van der Waals surface area contributed by atoms with Gasteiger partial charge in [-0.15, -0.1) is 0 Å². The van der Waals surface area contributed by atoms with E-state index in [0.717, 1.165) is 57.9 Å². The first-order valence-corrected chi connectivity index (χ1v) is 32.3. The number of unbranched alkanes of at least 4 members (excludes halogenated alkanes) is 6. The molecule has 438 valence electrons. The van der Waals surface area contributed by atoms with Gasteiger partial charge in [0, 0.05) is 46.0 Å². The average molecular weight is 1160 g/mol. The van der Waals surface area contributed by atoms with E-state index in [9.17, 15) is 0 Å². The van der Waals surface area contributed by atoms with Gasteiger partial charge in [-0.05, 0) is 174 Å². The molecule has 0 aliphatic rings. The summed E-state index contributed by atoms with van der Waals surface area (Å²) in [5, 5.41) is 10.1. The zero-order valence-corrected chi connectivity index (χ0v) is 51.6. The lowest BCUT2D eigenvalue weighted by Crippen LogP contribution is -1.95. The van der Waals surface area contributed by atoms with E-state index in [1.807, 2.05) is 24.5 Å². The van der Waals surface area contributed by atoms with Gasteiger partial charge in [-0.25, -0.2) is 9.97 Å². The number of benzene rings is 10. The van der Waals surface area contributed by atoms with E-state index in [1.54, 1.807) is 0 Å². The van der Waals surface area contributed by atoms with Crippen molar-refractivity contribution in [2.75, 3.05) is 0 Å². The van der Waals surface area contributed by atoms with E-state index in [4.69, 9.17) is 19.9 Å². The first-order chi connectivity index (χ1) is 44.5. The molecular formula is C86H74N4. The van der Waals surface area contributed by atoms with Crippen LogP contribution in [-0.2, 0) is 12.8 Å². The number of pyridine rings is 4. The van der Waals surface area contributed by atoms with Gasteiger partial charge in [0.1, 0.15) is 0 Å². The Balaban J connectivity index is 0.000000174. The number of rotatable bonds is 19. The number of aromatic nitrogens is 4. The quantitative estimate of drug-likeness (QED) is 0.0598. The maximum Gasteiger partial charge on any atom is 0.0893 e. The number of hydrogen-bond donors (Lipinski definition) is 0. The molecule has 0 spiro atoms. The molecule has 0 saturated heterocycles. The lowest BCUT2D eigenvalue weighted by molar-refractivity contribution is 0.661. The summed E-state index contributed by atoms with van der Waals surface area (Å²) in [6.07, 6.45) is 20.6. The standard InChI is InChI=1S/C50H32N2.C36H42N2/c1-3-19-39-35(13-1)31-45(43-23-7-5-21-41(39)43)33-15-9-17-37(29-33)47-25-11-27-49(51-47)50-28-12-26-48(52-50)38-18-10-16-34(30-38)46-32-36-14-2-4-20-40(36)42-22-6-8-24-44(42)46;1-3-5-7-15-21-33-25-35(29-17-11-9-12-18-29)31(27-37-33)23-24-32-28-38-34(22-16-8-6-4-2)26-36(32)30-19-13-10-14-20-30/h1-32H;9-14,17-20,23-28H,3-8,15-16,21-22H2,1-2H3/b;24-23-. The van der Waals surface area contributed by atoms with E-state index in [-0.39, 0.29) is 0 Å². The molecule has 0 unspecified atom stereocenters. The minimum Gasteiger partial charge on any atom is -0.261 e. The van der Waals surface area contributed by atoms with Gasteiger partial charge in [-0.1, -0.05) is 271 Å². The van der Waals surface area contributed by atoms with E-state index < -0.39 is 0 Å². The smallest absolute Gasteiger partial charge is 0.0893 e. The summed E-state index contributed by atoms with van der Waals surface area (Å²) < 4.78 is 0. The Labute approximate surface area is 530 Å². The lowest BCUT2D eigenvalue weighted by Gasteiger charge is -2.13. The van der Waals surface area contributed by atoms with Crippen molar-refractivity contribution in [3.05, 3.63) is 302 Å². The van der Waals surface area contributed by atoms with Crippen LogP contribution in [0.3, 0.4) is 0 Å². The summed E-state index contributed by atoms with van der Waals surface area (Å²) in [4.78, 5) is 20.0. The van der Waals surface area contributed by atoms with Crippen LogP contribution in [0.4, 0.5) is 0 Å². The van der Waals surface area contributed by atoms with Crippen LogP contribution in [0.15, 0.2) is 279 Å². The van der Waals surface area contributed by atoms with Gasteiger partial charge in [0.2, 0.25) is 0 Å². The lowest BCUT2D eigenvalue weighted by atomic mass is 9.92. The Kier molecular flexibility index (Phi) is 18.3. The predicted molar refractivity (Wildman–Crippen MR) is 383 cm³/mol. The van der Waals surface area contributed by atoms with Crippen molar-refractivity contribution in [2.45, 2.75) is 78.1 Å². The third kappa shape index (κ3) is 13.4. The molecule has 4 nitrogen and oxygen atoms in total. The number of aryl methyl sites for hydroxylation is 2. The third-order valence-corrected chi connectivity index (χ3v) is 17.4. The van der Waals surface area contributed by atoms with Crippen LogP contribution in [0, 0.1) is 0 Å². The van der Waals surface area contributed by atoms with E-state index in [2.05, 4.69) is 281 Å². The first kappa shape index (κ1) is 58.6. The fourth-order valence-electron chi connectivity index (χ4n) is 12.7. The molecule has 90 heavy (non-hydrogen) atoms. The minimum absolute atomic E-state index is 0.845. The Bertz CT molecular complexity index is 4510. The molecule has 0 aliphatic carbocycles. The summed E-state index contributed by atoms with van der Waals surface area (Å²) in [6.45, 7) is 4.51. The molecule has 0 fully saturated rings. The van der Waals surface area contributed by atoms with Crippen molar-refractivity contribution >= 4 is 55.2 Å². The molecular weight excluding hydrogens is 1090 g/mol. The molecule has 4 heteroatoms. The number of hydrogen-bond acceptors (Lipinski definition) is 4. The molecule has 0 atom stereocenters. The van der Waals surface area contributed by atoms with E-state index in [1.165, 1.54) is 150 Å². The second-order valence-corrected chi connectivity index (χ2v) is 23.6. The highest BCUT2D eigenvalue weighted by Gasteiger charge is 2.15.